The molecule has 6 rings (SSSR count). The maximum atomic E-state index is 9.85. The molecular weight excluding hydrogens is 693 g/mol. The highest BCUT2D eigenvalue weighted by Crippen LogP contribution is 2.62. The molecule has 3 aliphatic rings. The van der Waals surface area contributed by atoms with Gasteiger partial charge in [0.25, 0.3) is 0 Å². The number of allylic oxidation sites excluding steroid dienone is 1. The van der Waals surface area contributed by atoms with Crippen molar-refractivity contribution in [3.05, 3.63) is 102 Å². The molecule has 10 heteroatoms. The molecule has 8 nitrogen and oxygen atoms in total. The van der Waals surface area contributed by atoms with E-state index < -0.39 is 5.79 Å². The van der Waals surface area contributed by atoms with Gasteiger partial charge in [0.2, 0.25) is 5.79 Å². The molecule has 0 amide bonds. The molecule has 3 aromatic rings. The van der Waals surface area contributed by atoms with Gasteiger partial charge >= 0.3 is 0 Å². The first-order valence-corrected chi connectivity index (χ1v) is 20.8. The third kappa shape index (κ3) is 8.57. The van der Waals surface area contributed by atoms with Crippen molar-refractivity contribution in [2.75, 3.05) is 38.9 Å². The lowest BCUT2D eigenvalue weighted by Crippen LogP contribution is -2.64. The fourth-order valence-corrected chi connectivity index (χ4v) is 10.1. The Morgan fingerprint density at radius 3 is 2.46 bits per heavy atom. The van der Waals surface area contributed by atoms with E-state index in [9.17, 15) is 10.2 Å². The van der Waals surface area contributed by atoms with E-state index in [1.165, 1.54) is 10.5 Å². The molecule has 2 aromatic carbocycles. The molecule has 1 saturated carbocycles. The quantitative estimate of drug-likeness (QED) is 0.0540. The van der Waals surface area contributed by atoms with Gasteiger partial charge in [0.15, 0.2) is 0 Å². The normalized spacial score (nSPS) is 25.4. The van der Waals surface area contributed by atoms with Crippen molar-refractivity contribution in [2.45, 2.75) is 73.2 Å². The number of hydrogen-bond acceptors (Lipinski definition) is 10. The van der Waals surface area contributed by atoms with E-state index in [0.29, 0.717) is 13.0 Å². The maximum absolute atomic E-state index is 9.85. The molecule has 1 fully saturated rings. The highest BCUT2D eigenvalue weighted by Gasteiger charge is 2.63. The van der Waals surface area contributed by atoms with Crippen LogP contribution in [0, 0.1) is 17.8 Å². The van der Waals surface area contributed by atoms with Gasteiger partial charge in [0.05, 0.1) is 23.5 Å². The zero-order valence-electron chi connectivity index (χ0n) is 30.3. The van der Waals surface area contributed by atoms with Crippen molar-refractivity contribution in [2.24, 2.45) is 22.9 Å². The molecule has 6 atom stereocenters. The summed E-state index contributed by atoms with van der Waals surface area (Å²) in [6.07, 6.45) is 16.7. The van der Waals surface area contributed by atoms with Crippen LogP contribution in [0.3, 0.4) is 0 Å². The van der Waals surface area contributed by atoms with Crippen molar-refractivity contribution >= 4 is 29.2 Å². The van der Waals surface area contributed by atoms with Crippen LogP contribution in [0.25, 0.3) is 0 Å². The number of aryl methyl sites for hydroxylation is 1. The number of unbranched alkanes of at least 4 members (excludes halogenated alkanes) is 2. The molecule has 278 valence electrons. The number of benzene rings is 2. The van der Waals surface area contributed by atoms with Gasteiger partial charge in [-0.2, -0.15) is 11.8 Å². The molecule has 0 unspecified atom stereocenters. The summed E-state index contributed by atoms with van der Waals surface area (Å²) in [5.41, 5.74) is 4.40. The zero-order chi connectivity index (χ0) is 36.3. The van der Waals surface area contributed by atoms with E-state index in [2.05, 4.69) is 60.3 Å². The highest BCUT2D eigenvalue weighted by molar-refractivity contribution is 8.00. The summed E-state index contributed by atoms with van der Waals surface area (Å²) < 4.78 is 20.8. The van der Waals surface area contributed by atoms with Gasteiger partial charge < -0.3 is 29.3 Å². The van der Waals surface area contributed by atoms with Crippen LogP contribution in [0.4, 0.5) is 0 Å². The molecule has 52 heavy (non-hydrogen) atoms. The minimum absolute atomic E-state index is 0.0134. The predicted octanol–water partition coefficient (Wildman–Crippen LogP) is 8.84. The van der Waals surface area contributed by atoms with Crippen LogP contribution in [-0.4, -0.2) is 70.9 Å². The van der Waals surface area contributed by atoms with Crippen LogP contribution < -0.4 is 9.47 Å². The Bertz CT molecular complexity index is 1670. The van der Waals surface area contributed by atoms with Crippen molar-refractivity contribution in [1.29, 1.82) is 0 Å². The molecule has 2 N–H and O–H groups in total. The van der Waals surface area contributed by atoms with Crippen LogP contribution in [-0.2, 0) is 16.0 Å². The number of thioether (sulfide) groups is 2. The van der Waals surface area contributed by atoms with Gasteiger partial charge in [-0.3, -0.25) is 4.98 Å². The first-order valence-electron chi connectivity index (χ1n) is 18.5. The van der Waals surface area contributed by atoms with Crippen LogP contribution in [0.2, 0.25) is 0 Å². The number of rotatable bonds is 19. The topological polar surface area (TPSA) is 103 Å². The second kappa shape index (κ2) is 18.7. The Labute approximate surface area is 317 Å². The van der Waals surface area contributed by atoms with Gasteiger partial charge in [-0.05, 0) is 122 Å². The zero-order valence-corrected chi connectivity index (χ0v) is 32.0. The number of aromatic nitrogens is 1. The minimum atomic E-state index is -0.991. The van der Waals surface area contributed by atoms with E-state index in [1.54, 1.807) is 18.9 Å². The number of fused-ring (bicyclic) bond motifs is 2. The van der Waals surface area contributed by atoms with Crippen molar-refractivity contribution in [1.82, 2.24) is 4.98 Å². The van der Waals surface area contributed by atoms with E-state index in [0.717, 1.165) is 84.8 Å². The summed E-state index contributed by atoms with van der Waals surface area (Å²) in [7, 11) is 1.62. The lowest BCUT2D eigenvalue weighted by molar-refractivity contribution is -0.223. The first kappa shape index (κ1) is 38.4. The van der Waals surface area contributed by atoms with E-state index in [4.69, 9.17) is 24.2 Å². The van der Waals surface area contributed by atoms with Crippen molar-refractivity contribution in [3.8, 4) is 17.2 Å². The third-order valence-corrected chi connectivity index (χ3v) is 12.7. The van der Waals surface area contributed by atoms with Gasteiger partial charge in [-0.25, -0.2) is 0 Å². The number of aliphatic hydroxyl groups excluding tert-OH is 2. The number of ether oxygens (including phenoxy) is 3. The summed E-state index contributed by atoms with van der Waals surface area (Å²) in [6, 6.07) is 18.5. The average molecular weight is 745 g/mol. The lowest BCUT2D eigenvalue weighted by atomic mass is 9.56. The Balaban J connectivity index is 1.48. The van der Waals surface area contributed by atoms with Gasteiger partial charge in [-0.15, -0.1) is 18.3 Å². The summed E-state index contributed by atoms with van der Waals surface area (Å²) in [6.45, 7) is 4.71. The Kier molecular flexibility index (Phi) is 13.8. The van der Waals surface area contributed by atoms with Crippen LogP contribution >= 0.6 is 23.5 Å². The van der Waals surface area contributed by atoms with Crippen molar-refractivity contribution in [3.63, 3.8) is 0 Å². The second-order valence-electron chi connectivity index (χ2n) is 13.7. The first-order chi connectivity index (χ1) is 25.5. The Morgan fingerprint density at radius 2 is 1.75 bits per heavy atom. The molecule has 0 saturated heterocycles. The summed E-state index contributed by atoms with van der Waals surface area (Å²) in [4.78, 5) is 10.9. The monoisotopic (exact) mass is 744 g/mol. The minimum Gasteiger partial charge on any atom is -0.460 e. The van der Waals surface area contributed by atoms with E-state index in [1.807, 2.05) is 48.4 Å². The predicted molar refractivity (Wildman–Crippen MR) is 211 cm³/mol. The van der Waals surface area contributed by atoms with Crippen LogP contribution in [0.5, 0.6) is 17.2 Å². The number of oxime groups is 1. The number of hydrogen-bond donors (Lipinski definition) is 2. The Hall–Kier alpha value is -3.28. The highest BCUT2D eigenvalue weighted by atomic mass is 32.2. The largest absolute Gasteiger partial charge is 0.460 e. The maximum Gasteiger partial charge on any atom is 0.230 e. The fraction of sp³-hybridized carbons (Fsp3) is 0.476. The number of nitrogens with zero attached hydrogens (tertiary/aromatic N) is 2. The molecular formula is C42H52N2O6S2. The van der Waals surface area contributed by atoms with Crippen molar-refractivity contribution < 1.29 is 29.3 Å². The molecule has 2 aliphatic carbocycles. The molecule has 1 aromatic heterocycles. The van der Waals surface area contributed by atoms with Gasteiger partial charge in [-0.1, -0.05) is 30.1 Å². The molecule has 0 spiro atoms. The molecule has 0 bridgehead atoms. The summed E-state index contributed by atoms with van der Waals surface area (Å²) in [5.74, 6) is 2.52. The smallest absolute Gasteiger partial charge is 0.230 e. The Morgan fingerprint density at radius 1 is 1.00 bits per heavy atom. The average Bonchev–Trinajstić information content (AvgIpc) is 3.17. The summed E-state index contributed by atoms with van der Waals surface area (Å²) >= 11 is 3.57. The second-order valence-corrected chi connectivity index (χ2v) is 15.9. The number of aliphatic hydroxyl groups is 2. The van der Waals surface area contributed by atoms with E-state index in [-0.39, 0.29) is 42.1 Å². The lowest BCUT2D eigenvalue weighted by Gasteiger charge is -2.58. The summed E-state index contributed by atoms with van der Waals surface area (Å²) in [5, 5.41) is 24.2. The molecule has 1 aliphatic heterocycles. The van der Waals surface area contributed by atoms with Crippen LogP contribution in [0.15, 0.2) is 101 Å². The molecule has 0 radical (unpaired) electrons. The van der Waals surface area contributed by atoms with Gasteiger partial charge in [0, 0.05) is 48.4 Å². The standard InChI is InChI=1S/C42H52N2O6S2/c1-4-24-48-42-39(52-25-19-29-17-20-43-21-18-29)28-37(44-47-2)35-26-30(9-5-7-22-45)34(10-6-8-23-46)40(41(35)42)36-27-32(13-16-38(36)50-42)49-31-11-14-33(51-3)15-12-31/h4,11-18,20-21,26-27,30,34,39-41,45-46H,1,5-10,19,22-25,28H2,2-3H3/t30-,34+,39-,40+,41+,42+/m0/s1. The van der Waals surface area contributed by atoms with E-state index >= 15 is 0 Å². The third-order valence-electron chi connectivity index (χ3n) is 10.6. The van der Waals surface area contributed by atoms with Gasteiger partial charge in [0.1, 0.15) is 24.4 Å². The SMILES string of the molecule is C=CCO[C@@]12Oc3ccc(Oc4ccc(SC)cc4)cc3[C@H]3[C@H](CCCCO)[C@@H](CCCCO)C=C(C(=NOC)C[C@@H]1SCCc1ccncc1)[C@H]32. The fourth-order valence-electron chi connectivity index (χ4n) is 8.30. The van der Waals surface area contributed by atoms with Crippen LogP contribution in [0.1, 0.15) is 62.0 Å². The molecule has 2 heterocycles. The number of pyridine rings is 1.